The molecule has 0 rings (SSSR count). The number of aldehydes is 1. The fraction of sp³-hybridized carbons (Fsp3) is 0.286. The van der Waals surface area contributed by atoms with Crippen LogP contribution in [-0.2, 0) is 4.79 Å². The molecule has 0 aliphatic rings. The number of allylic oxidation sites excluding steroid dienone is 3. The largest absolute Gasteiger partial charge is 0.298 e. The van der Waals surface area contributed by atoms with Crippen LogP contribution >= 0.6 is 0 Å². The van der Waals surface area contributed by atoms with Crippen LogP contribution in [-0.4, -0.2) is 6.29 Å². The van der Waals surface area contributed by atoms with E-state index >= 15 is 0 Å². The first kappa shape index (κ1) is 7.15. The summed E-state index contributed by atoms with van der Waals surface area (Å²) in [5, 5.41) is 0. The lowest BCUT2D eigenvalue weighted by atomic mass is 10.3. The first-order chi connectivity index (χ1) is 3.81. The summed E-state index contributed by atoms with van der Waals surface area (Å²) < 4.78 is 0. The highest BCUT2D eigenvalue weighted by molar-refractivity contribution is 5.71. The van der Waals surface area contributed by atoms with Crippen molar-refractivity contribution < 1.29 is 4.79 Å². The van der Waals surface area contributed by atoms with Crippen molar-refractivity contribution in [2.24, 2.45) is 0 Å². The zero-order chi connectivity index (χ0) is 6.41. The molecular formula is C7H10O. The van der Waals surface area contributed by atoms with E-state index in [0.29, 0.717) is 0 Å². The summed E-state index contributed by atoms with van der Waals surface area (Å²) in [6.45, 7) is 5.28. The van der Waals surface area contributed by atoms with Crippen molar-refractivity contribution in [3.63, 3.8) is 0 Å². The predicted molar refractivity (Wildman–Crippen MR) is 34.6 cm³/mol. The van der Waals surface area contributed by atoms with Gasteiger partial charge in [-0.3, -0.25) is 4.79 Å². The molecule has 0 aromatic heterocycles. The molecule has 0 fully saturated rings. The monoisotopic (exact) mass is 110 g/mol. The number of hydrogen-bond donors (Lipinski definition) is 0. The Labute approximate surface area is 49.7 Å². The van der Waals surface area contributed by atoms with Crippen LogP contribution in [0.2, 0.25) is 0 Å². The molecular weight excluding hydrogens is 100 g/mol. The maximum absolute atomic E-state index is 9.91. The van der Waals surface area contributed by atoms with Crippen molar-refractivity contribution in [3.05, 3.63) is 24.3 Å². The number of hydrogen-bond acceptors (Lipinski definition) is 1. The number of rotatable bonds is 3. The van der Waals surface area contributed by atoms with Gasteiger partial charge >= 0.3 is 0 Å². The maximum atomic E-state index is 9.91. The van der Waals surface area contributed by atoms with Crippen LogP contribution in [0.4, 0.5) is 0 Å². The van der Waals surface area contributed by atoms with Gasteiger partial charge in [0.2, 0.25) is 0 Å². The van der Waals surface area contributed by atoms with Gasteiger partial charge in [-0.1, -0.05) is 12.2 Å². The minimum absolute atomic E-state index is 0.768. The Morgan fingerprint density at radius 2 is 2.38 bits per heavy atom. The first-order valence-electron chi connectivity index (χ1n) is 2.54. The van der Waals surface area contributed by atoms with E-state index in [0.717, 1.165) is 18.3 Å². The summed E-state index contributed by atoms with van der Waals surface area (Å²) in [7, 11) is 0. The van der Waals surface area contributed by atoms with Crippen molar-refractivity contribution in [1.29, 1.82) is 0 Å². The molecule has 1 heteroatoms. The first-order valence-corrected chi connectivity index (χ1v) is 2.54. The summed E-state index contributed by atoms with van der Waals surface area (Å²) >= 11 is 0. The molecule has 0 bridgehead atoms. The summed E-state index contributed by atoms with van der Waals surface area (Å²) in [4.78, 5) is 9.91. The number of carbonyl (C=O) groups excluding carboxylic acids is 1. The molecule has 0 radical (unpaired) electrons. The lowest BCUT2D eigenvalue weighted by molar-refractivity contribution is -0.104. The van der Waals surface area contributed by atoms with Crippen molar-refractivity contribution in [2.75, 3.05) is 0 Å². The molecule has 0 saturated carbocycles. The van der Waals surface area contributed by atoms with Crippen LogP contribution in [0.25, 0.3) is 0 Å². The normalized spacial score (nSPS) is 10.9. The average Bonchev–Trinajstić information content (AvgIpc) is 1.83. The summed E-state index contributed by atoms with van der Waals surface area (Å²) in [6.07, 6.45) is 5.21. The van der Waals surface area contributed by atoms with E-state index in [9.17, 15) is 4.79 Å². The molecule has 0 aliphatic carbocycles. The molecule has 0 saturated heterocycles. The van der Waals surface area contributed by atoms with Crippen LogP contribution in [0.3, 0.4) is 0 Å². The molecule has 0 aromatic rings. The quantitative estimate of drug-likeness (QED) is 0.307. The van der Waals surface area contributed by atoms with Crippen LogP contribution < -0.4 is 0 Å². The van der Waals surface area contributed by atoms with Crippen molar-refractivity contribution in [3.8, 4) is 0 Å². The third-order valence-corrected chi connectivity index (χ3v) is 0.792. The van der Waals surface area contributed by atoms with Gasteiger partial charge in [-0.2, -0.15) is 0 Å². The lowest BCUT2D eigenvalue weighted by Crippen LogP contribution is -1.73. The standard InChI is InChI=1S/C7H10O/c1-3-4-5-7(2)6-8/h3,5-6H,1,4H2,2H3. The SMILES string of the molecule is C=CCC=C(C)C=O. The molecule has 0 unspecified atom stereocenters. The lowest BCUT2D eigenvalue weighted by Gasteiger charge is -1.81. The van der Waals surface area contributed by atoms with Crippen LogP contribution in [0.15, 0.2) is 24.3 Å². The van der Waals surface area contributed by atoms with Gasteiger partial charge in [0.05, 0.1) is 0 Å². The summed E-state index contributed by atoms with van der Waals surface area (Å²) in [5.41, 5.74) is 0.768. The van der Waals surface area contributed by atoms with E-state index in [4.69, 9.17) is 0 Å². The van der Waals surface area contributed by atoms with Crippen LogP contribution in [0.1, 0.15) is 13.3 Å². The second kappa shape index (κ2) is 4.31. The van der Waals surface area contributed by atoms with E-state index in [2.05, 4.69) is 6.58 Å². The predicted octanol–water partition coefficient (Wildman–Crippen LogP) is 1.71. The van der Waals surface area contributed by atoms with E-state index in [-0.39, 0.29) is 0 Å². The highest BCUT2D eigenvalue weighted by Crippen LogP contribution is 1.89. The third kappa shape index (κ3) is 3.34. The average molecular weight is 110 g/mol. The molecule has 0 atom stereocenters. The Morgan fingerprint density at radius 1 is 1.75 bits per heavy atom. The molecule has 8 heavy (non-hydrogen) atoms. The molecule has 0 aromatic carbocycles. The Morgan fingerprint density at radius 3 is 2.75 bits per heavy atom. The van der Waals surface area contributed by atoms with Crippen LogP contribution in [0.5, 0.6) is 0 Å². The molecule has 44 valence electrons. The molecule has 0 spiro atoms. The van der Waals surface area contributed by atoms with Crippen molar-refractivity contribution in [2.45, 2.75) is 13.3 Å². The zero-order valence-electron chi connectivity index (χ0n) is 5.05. The van der Waals surface area contributed by atoms with Gasteiger partial charge in [-0.05, 0) is 18.9 Å². The Bertz CT molecular complexity index is 112. The topological polar surface area (TPSA) is 17.1 Å². The molecule has 0 aliphatic heterocycles. The highest BCUT2D eigenvalue weighted by Gasteiger charge is 1.77. The van der Waals surface area contributed by atoms with E-state index < -0.39 is 0 Å². The van der Waals surface area contributed by atoms with E-state index in [1.165, 1.54) is 0 Å². The molecule has 0 heterocycles. The van der Waals surface area contributed by atoms with Gasteiger partial charge in [-0.25, -0.2) is 0 Å². The minimum Gasteiger partial charge on any atom is -0.298 e. The zero-order valence-corrected chi connectivity index (χ0v) is 5.05. The fourth-order valence-electron chi connectivity index (χ4n) is 0.317. The highest BCUT2D eigenvalue weighted by atomic mass is 16.1. The maximum Gasteiger partial charge on any atom is 0.145 e. The Balaban J connectivity index is 3.56. The van der Waals surface area contributed by atoms with Gasteiger partial charge in [0, 0.05) is 0 Å². The summed E-state index contributed by atoms with van der Waals surface area (Å²) in [5.74, 6) is 0. The Kier molecular flexibility index (Phi) is 3.85. The second-order valence-electron chi connectivity index (χ2n) is 1.59. The minimum atomic E-state index is 0.768. The van der Waals surface area contributed by atoms with Crippen molar-refractivity contribution >= 4 is 6.29 Å². The van der Waals surface area contributed by atoms with E-state index in [1.807, 2.05) is 6.08 Å². The van der Waals surface area contributed by atoms with Crippen molar-refractivity contribution in [1.82, 2.24) is 0 Å². The van der Waals surface area contributed by atoms with Gasteiger partial charge in [0.15, 0.2) is 0 Å². The summed E-state index contributed by atoms with van der Waals surface area (Å²) in [6, 6.07) is 0. The molecule has 0 N–H and O–H groups in total. The second-order valence-corrected chi connectivity index (χ2v) is 1.59. The Hall–Kier alpha value is -0.850. The van der Waals surface area contributed by atoms with E-state index in [1.54, 1.807) is 13.0 Å². The van der Waals surface area contributed by atoms with Gasteiger partial charge < -0.3 is 0 Å². The van der Waals surface area contributed by atoms with Crippen LogP contribution in [0, 0.1) is 0 Å². The number of carbonyl (C=O) groups is 1. The van der Waals surface area contributed by atoms with Gasteiger partial charge in [0.25, 0.3) is 0 Å². The van der Waals surface area contributed by atoms with Gasteiger partial charge in [0.1, 0.15) is 6.29 Å². The molecule has 0 amide bonds. The third-order valence-electron chi connectivity index (χ3n) is 0.792. The smallest absolute Gasteiger partial charge is 0.145 e. The molecule has 1 nitrogen and oxygen atoms in total. The van der Waals surface area contributed by atoms with Gasteiger partial charge in [-0.15, -0.1) is 6.58 Å². The fourth-order valence-corrected chi connectivity index (χ4v) is 0.317.